The summed E-state index contributed by atoms with van der Waals surface area (Å²) < 4.78 is 4.93. The van der Waals surface area contributed by atoms with Crippen molar-refractivity contribution in [2.24, 2.45) is 0 Å². The lowest BCUT2D eigenvalue weighted by molar-refractivity contribution is -0.116. The van der Waals surface area contributed by atoms with Gasteiger partial charge < -0.3 is 10.1 Å². The van der Waals surface area contributed by atoms with Crippen LogP contribution in [-0.4, -0.2) is 24.3 Å². The van der Waals surface area contributed by atoms with E-state index in [1.165, 1.54) is 0 Å². The number of Topliss-reactive ketones (excluding diaryl/α,β-unsaturated/α-hetero) is 1. The highest BCUT2D eigenvalue weighted by Crippen LogP contribution is 2.22. The van der Waals surface area contributed by atoms with E-state index in [0.29, 0.717) is 23.4 Å². The van der Waals surface area contributed by atoms with E-state index in [1.54, 1.807) is 42.5 Å². The quantitative estimate of drug-likeness (QED) is 0.595. The lowest BCUT2D eigenvalue weighted by Gasteiger charge is -2.07. The molecule has 1 aromatic carbocycles. The van der Waals surface area contributed by atoms with Gasteiger partial charge in [0.25, 0.3) is 0 Å². The van der Waals surface area contributed by atoms with E-state index in [2.05, 4.69) is 5.32 Å². The van der Waals surface area contributed by atoms with Crippen LogP contribution in [-0.2, 0) is 9.53 Å². The number of carbonyl (C=O) groups is 3. The summed E-state index contributed by atoms with van der Waals surface area (Å²) in [6.45, 7) is 5.89. The van der Waals surface area contributed by atoms with Gasteiger partial charge in [-0.3, -0.25) is 9.59 Å². The van der Waals surface area contributed by atoms with Crippen molar-refractivity contribution in [3.05, 3.63) is 51.2 Å². The Bertz CT molecular complexity index is 794. The van der Waals surface area contributed by atoms with Crippen LogP contribution in [0, 0.1) is 13.8 Å². The van der Waals surface area contributed by atoms with Crippen LogP contribution < -0.4 is 5.32 Å². The Morgan fingerprint density at radius 2 is 1.88 bits per heavy atom. The van der Waals surface area contributed by atoms with Crippen molar-refractivity contribution in [3.63, 3.8) is 0 Å². The lowest BCUT2D eigenvalue weighted by Crippen LogP contribution is -2.14. The van der Waals surface area contributed by atoms with E-state index in [-0.39, 0.29) is 24.5 Å². The number of esters is 1. The van der Waals surface area contributed by atoms with Crippen molar-refractivity contribution in [2.75, 3.05) is 11.9 Å². The van der Waals surface area contributed by atoms with Crippen molar-refractivity contribution in [1.29, 1.82) is 0 Å². The molecule has 0 fully saturated rings. The minimum atomic E-state index is -0.433. The molecule has 1 aromatic heterocycles. The first-order chi connectivity index (χ1) is 11.9. The van der Waals surface area contributed by atoms with Gasteiger partial charge in [-0.05, 0) is 45.0 Å². The van der Waals surface area contributed by atoms with Gasteiger partial charge in [-0.2, -0.15) is 0 Å². The van der Waals surface area contributed by atoms with Gasteiger partial charge in [-0.15, -0.1) is 11.3 Å². The smallest absolute Gasteiger partial charge is 0.338 e. The second kappa shape index (κ2) is 8.58. The number of amides is 1. The number of anilines is 1. The molecule has 1 amide bonds. The van der Waals surface area contributed by atoms with E-state index < -0.39 is 5.97 Å². The molecule has 1 N–H and O–H groups in total. The first-order valence-corrected chi connectivity index (χ1v) is 8.89. The number of rotatable bonds is 7. The number of ether oxygens (including phenoxy) is 1. The molecule has 0 aliphatic heterocycles. The van der Waals surface area contributed by atoms with Crippen molar-refractivity contribution >= 4 is 34.7 Å². The zero-order valence-electron chi connectivity index (χ0n) is 14.5. The van der Waals surface area contributed by atoms with Crippen LogP contribution in [0.2, 0.25) is 0 Å². The highest BCUT2D eigenvalue weighted by molar-refractivity contribution is 7.12. The molecular weight excluding hydrogens is 338 g/mol. The molecule has 132 valence electrons. The molecule has 0 unspecified atom stereocenters. The van der Waals surface area contributed by atoms with Crippen LogP contribution >= 0.6 is 11.3 Å². The molecule has 0 radical (unpaired) electrons. The Kier molecular flexibility index (Phi) is 6.47. The molecule has 1 heterocycles. The van der Waals surface area contributed by atoms with Crippen LogP contribution in [0.3, 0.4) is 0 Å². The maximum Gasteiger partial charge on any atom is 0.338 e. The molecule has 0 saturated carbocycles. The molecule has 0 bridgehead atoms. The van der Waals surface area contributed by atoms with Crippen molar-refractivity contribution in [3.8, 4) is 0 Å². The third-order valence-corrected chi connectivity index (χ3v) is 4.54. The summed E-state index contributed by atoms with van der Waals surface area (Å²) >= 11 is 1.58. The minimum absolute atomic E-state index is 0.0303. The summed E-state index contributed by atoms with van der Waals surface area (Å²) in [4.78, 5) is 38.1. The zero-order valence-corrected chi connectivity index (χ0v) is 15.4. The first kappa shape index (κ1) is 18.9. The maximum atomic E-state index is 12.2. The molecule has 25 heavy (non-hydrogen) atoms. The summed E-state index contributed by atoms with van der Waals surface area (Å²) in [7, 11) is 0. The van der Waals surface area contributed by atoms with Gasteiger partial charge in [0.2, 0.25) is 5.91 Å². The van der Waals surface area contributed by atoms with Crippen LogP contribution in [0.25, 0.3) is 0 Å². The normalized spacial score (nSPS) is 10.4. The number of ketones is 1. The molecule has 2 rings (SSSR count). The number of nitrogens with one attached hydrogen (secondary N) is 1. The summed E-state index contributed by atoms with van der Waals surface area (Å²) in [6.07, 6.45) is 0.247. The van der Waals surface area contributed by atoms with Crippen molar-refractivity contribution in [1.82, 2.24) is 0 Å². The first-order valence-electron chi connectivity index (χ1n) is 8.08. The molecule has 0 spiro atoms. The SMILES string of the molecule is CCOC(=O)c1cccc(NC(=O)CCC(=O)c2cc(C)sc2C)c1. The molecule has 2 aromatic rings. The molecule has 0 atom stereocenters. The molecule has 0 aliphatic carbocycles. The number of carbonyl (C=O) groups excluding carboxylic acids is 3. The van der Waals surface area contributed by atoms with Crippen LogP contribution in [0.1, 0.15) is 50.2 Å². The standard InChI is InChI=1S/C19H21NO4S/c1-4-24-19(23)14-6-5-7-15(11-14)20-18(22)9-8-17(21)16-10-12(2)25-13(16)3/h5-7,10-11H,4,8-9H2,1-3H3,(H,20,22). The predicted octanol–water partition coefficient (Wildman–Crippen LogP) is 4.14. The number of hydrogen-bond acceptors (Lipinski definition) is 5. The number of thiophene rings is 1. The highest BCUT2D eigenvalue weighted by atomic mass is 32.1. The summed E-state index contributed by atoms with van der Waals surface area (Å²) in [5.74, 6) is -0.728. The monoisotopic (exact) mass is 359 g/mol. The fourth-order valence-corrected chi connectivity index (χ4v) is 3.37. The van der Waals surface area contributed by atoms with E-state index in [1.807, 2.05) is 19.9 Å². The molecule has 0 aliphatic rings. The van der Waals surface area contributed by atoms with Gasteiger partial charge in [0.05, 0.1) is 12.2 Å². The number of aryl methyl sites for hydroxylation is 2. The Morgan fingerprint density at radius 1 is 1.12 bits per heavy atom. The average Bonchev–Trinajstić information content (AvgIpc) is 2.91. The summed E-state index contributed by atoms with van der Waals surface area (Å²) in [5, 5.41) is 2.71. The van der Waals surface area contributed by atoms with Crippen molar-refractivity contribution < 1.29 is 19.1 Å². The van der Waals surface area contributed by atoms with E-state index >= 15 is 0 Å². The second-order valence-electron chi connectivity index (χ2n) is 5.60. The van der Waals surface area contributed by atoms with E-state index in [4.69, 9.17) is 4.74 Å². The van der Waals surface area contributed by atoms with Gasteiger partial charge in [-0.1, -0.05) is 6.07 Å². The third-order valence-electron chi connectivity index (χ3n) is 3.58. The molecule has 5 nitrogen and oxygen atoms in total. The Hall–Kier alpha value is -2.47. The average molecular weight is 359 g/mol. The topological polar surface area (TPSA) is 72.5 Å². The fourth-order valence-electron chi connectivity index (χ4n) is 2.43. The second-order valence-corrected chi connectivity index (χ2v) is 7.06. The molecule has 6 heteroatoms. The van der Waals surface area contributed by atoms with E-state index in [0.717, 1.165) is 9.75 Å². The van der Waals surface area contributed by atoms with Gasteiger partial charge in [-0.25, -0.2) is 4.79 Å². The zero-order chi connectivity index (χ0) is 18.4. The van der Waals surface area contributed by atoms with Crippen molar-refractivity contribution in [2.45, 2.75) is 33.6 Å². The lowest BCUT2D eigenvalue weighted by atomic mass is 10.1. The van der Waals surface area contributed by atoms with Gasteiger partial charge >= 0.3 is 5.97 Å². The highest BCUT2D eigenvalue weighted by Gasteiger charge is 2.14. The van der Waals surface area contributed by atoms with Gasteiger partial charge in [0, 0.05) is 33.8 Å². The maximum absolute atomic E-state index is 12.2. The summed E-state index contributed by atoms with van der Waals surface area (Å²) in [5.41, 5.74) is 1.57. The number of benzene rings is 1. The fraction of sp³-hybridized carbons (Fsp3) is 0.316. The molecule has 0 saturated heterocycles. The van der Waals surface area contributed by atoms with Gasteiger partial charge in [0.15, 0.2) is 5.78 Å². The van der Waals surface area contributed by atoms with Crippen LogP contribution in [0.4, 0.5) is 5.69 Å². The number of hydrogen-bond donors (Lipinski definition) is 1. The minimum Gasteiger partial charge on any atom is -0.462 e. The Morgan fingerprint density at radius 3 is 2.52 bits per heavy atom. The van der Waals surface area contributed by atoms with E-state index in [9.17, 15) is 14.4 Å². The van der Waals surface area contributed by atoms with Crippen LogP contribution in [0.5, 0.6) is 0 Å². The largest absolute Gasteiger partial charge is 0.462 e. The van der Waals surface area contributed by atoms with Crippen LogP contribution in [0.15, 0.2) is 30.3 Å². The summed E-state index contributed by atoms with van der Waals surface area (Å²) in [6, 6.07) is 8.41. The predicted molar refractivity (Wildman–Crippen MR) is 98.4 cm³/mol. The Labute approximate surface area is 151 Å². The Balaban J connectivity index is 1.92. The van der Waals surface area contributed by atoms with Gasteiger partial charge in [0.1, 0.15) is 0 Å². The third kappa shape index (κ3) is 5.26. The molecular formula is C19H21NO4S.